The van der Waals surface area contributed by atoms with Crippen molar-refractivity contribution < 1.29 is 74.0 Å². The molecule has 1 atom stereocenters. The topological polar surface area (TPSA) is 161 Å². The minimum absolute atomic E-state index is 0.123. The molecule has 2 aliphatic rings. The number of halogens is 9. The molecule has 0 saturated carbocycles. The number of carbonyl (C=O) groups is 4. The van der Waals surface area contributed by atoms with Gasteiger partial charge >= 0.3 is 36.4 Å². The number of aromatic nitrogens is 2. The second-order valence-electron chi connectivity index (χ2n) is 9.80. The van der Waals surface area contributed by atoms with Crippen molar-refractivity contribution in [3.63, 3.8) is 0 Å². The van der Waals surface area contributed by atoms with Crippen LogP contribution in [0.5, 0.6) is 0 Å². The smallest absolute Gasteiger partial charge is 0.475 e. The lowest BCUT2D eigenvalue weighted by Crippen LogP contribution is -2.47. The van der Waals surface area contributed by atoms with Gasteiger partial charge in [-0.25, -0.2) is 14.4 Å². The third kappa shape index (κ3) is 14.1. The lowest BCUT2D eigenvalue weighted by Gasteiger charge is -2.40. The number of hydrogen-bond acceptors (Lipinski definition) is 7. The van der Waals surface area contributed by atoms with Gasteiger partial charge in [0.2, 0.25) is 0 Å². The van der Waals surface area contributed by atoms with Gasteiger partial charge in [-0.3, -0.25) is 19.7 Å². The molecule has 0 aromatic carbocycles. The quantitative estimate of drug-likeness (QED) is 0.394. The number of carboxylic acid groups (broad SMARTS) is 3. The van der Waals surface area contributed by atoms with Crippen LogP contribution < -0.4 is 0 Å². The zero-order chi connectivity index (χ0) is 35.3. The van der Waals surface area contributed by atoms with E-state index in [-0.39, 0.29) is 11.3 Å². The largest absolute Gasteiger partial charge is 0.490 e. The number of piperidine rings is 1. The minimum atomic E-state index is -5.08. The van der Waals surface area contributed by atoms with Gasteiger partial charge in [0, 0.05) is 56.4 Å². The average Bonchev–Trinajstić information content (AvgIpc) is 3.34. The molecule has 1 unspecified atom stereocenters. The summed E-state index contributed by atoms with van der Waals surface area (Å²) in [5, 5.41) is 21.4. The van der Waals surface area contributed by atoms with Gasteiger partial charge in [0.25, 0.3) is 5.91 Å². The highest BCUT2D eigenvalue weighted by atomic mass is 19.4. The van der Waals surface area contributed by atoms with E-state index in [4.69, 9.17) is 29.7 Å². The van der Waals surface area contributed by atoms with E-state index in [0.717, 1.165) is 39.1 Å². The van der Waals surface area contributed by atoms with Gasteiger partial charge in [-0.1, -0.05) is 6.07 Å². The predicted molar refractivity (Wildman–Crippen MR) is 137 cm³/mol. The van der Waals surface area contributed by atoms with Crippen molar-refractivity contribution in [1.82, 2.24) is 19.8 Å². The third-order valence-electron chi connectivity index (χ3n) is 6.23. The molecule has 2 aromatic rings. The van der Waals surface area contributed by atoms with E-state index < -0.39 is 36.4 Å². The van der Waals surface area contributed by atoms with Crippen molar-refractivity contribution in [3.05, 3.63) is 60.2 Å². The van der Waals surface area contributed by atoms with Gasteiger partial charge in [-0.15, -0.1) is 0 Å². The number of rotatable bonds is 3. The second-order valence-corrected chi connectivity index (χ2v) is 9.80. The summed E-state index contributed by atoms with van der Waals surface area (Å²) >= 11 is 0. The van der Waals surface area contributed by atoms with E-state index in [1.807, 2.05) is 35.5 Å². The predicted octanol–water partition coefficient (Wildman–Crippen LogP) is 4.50. The molecule has 0 aliphatic carbocycles. The van der Waals surface area contributed by atoms with Crippen molar-refractivity contribution in [2.75, 3.05) is 26.2 Å². The van der Waals surface area contributed by atoms with Crippen LogP contribution in [0.3, 0.4) is 0 Å². The summed E-state index contributed by atoms with van der Waals surface area (Å²) in [5.74, 6) is -8.15. The van der Waals surface area contributed by atoms with Gasteiger partial charge in [0.05, 0.1) is 5.56 Å². The lowest BCUT2D eigenvalue weighted by molar-refractivity contribution is -0.193. The minimum Gasteiger partial charge on any atom is -0.475 e. The Morgan fingerprint density at radius 1 is 0.717 bits per heavy atom. The summed E-state index contributed by atoms with van der Waals surface area (Å²) in [5.41, 5.74) is 2.21. The zero-order valence-electron chi connectivity index (χ0n) is 23.4. The van der Waals surface area contributed by atoms with Crippen molar-refractivity contribution in [3.8, 4) is 0 Å². The first-order valence-corrected chi connectivity index (χ1v) is 12.8. The summed E-state index contributed by atoms with van der Waals surface area (Å²) < 4.78 is 95.2. The fourth-order valence-electron chi connectivity index (χ4n) is 4.30. The number of amides is 1. The molecule has 0 radical (unpaired) electrons. The van der Waals surface area contributed by atoms with Crippen molar-refractivity contribution in [2.24, 2.45) is 5.41 Å². The van der Waals surface area contributed by atoms with Crippen LogP contribution in [0.4, 0.5) is 39.5 Å². The van der Waals surface area contributed by atoms with Crippen LogP contribution in [-0.2, 0) is 20.9 Å². The highest BCUT2D eigenvalue weighted by Gasteiger charge is 2.43. The highest BCUT2D eigenvalue weighted by Crippen LogP contribution is 2.39. The zero-order valence-corrected chi connectivity index (χ0v) is 23.4. The standard InChI is InChI=1S/C20H24N4O.3C2HF3O2/c25-19(18-5-2-9-22-13-18)24-10-3-6-20(16-24)7-11-23(15-20)14-17-4-1-8-21-12-17;3*3-2(4,5)1(6)7/h1-2,4-5,8-9,12-13H,3,6-7,10-11,14-16H2;3*(H,6,7). The first-order valence-electron chi connectivity index (χ1n) is 12.8. The molecule has 256 valence electrons. The molecule has 20 heteroatoms. The molecule has 4 rings (SSSR count). The van der Waals surface area contributed by atoms with Gasteiger partial charge in [-0.05, 0) is 49.6 Å². The van der Waals surface area contributed by atoms with Gasteiger partial charge < -0.3 is 20.2 Å². The number of alkyl halides is 9. The fourth-order valence-corrected chi connectivity index (χ4v) is 4.30. The van der Waals surface area contributed by atoms with Crippen molar-refractivity contribution in [2.45, 2.75) is 44.3 Å². The Balaban J connectivity index is 0.000000413. The first kappa shape index (κ1) is 39.5. The van der Waals surface area contributed by atoms with Crippen molar-refractivity contribution >= 4 is 23.8 Å². The molecule has 11 nitrogen and oxygen atoms in total. The SMILES string of the molecule is O=C(O)C(F)(F)F.O=C(O)C(F)(F)F.O=C(O)C(F)(F)F.O=C(c1cccnc1)N1CCCC2(CCN(Cc3cccnc3)C2)C1. The number of pyridine rings is 2. The van der Waals surface area contributed by atoms with E-state index in [0.29, 0.717) is 5.56 Å². The number of likely N-dealkylation sites (tertiary alicyclic amines) is 2. The van der Waals surface area contributed by atoms with Crippen LogP contribution in [0.15, 0.2) is 49.1 Å². The Morgan fingerprint density at radius 2 is 1.20 bits per heavy atom. The Labute approximate surface area is 254 Å². The molecule has 2 saturated heterocycles. The lowest BCUT2D eigenvalue weighted by atomic mass is 9.79. The first-order chi connectivity index (χ1) is 21.1. The maximum absolute atomic E-state index is 12.8. The monoisotopic (exact) mass is 678 g/mol. The van der Waals surface area contributed by atoms with E-state index in [2.05, 4.69) is 20.9 Å². The van der Waals surface area contributed by atoms with E-state index in [9.17, 15) is 44.3 Å². The maximum Gasteiger partial charge on any atom is 0.490 e. The summed E-state index contributed by atoms with van der Waals surface area (Å²) in [6.07, 6.45) is -4.62. The summed E-state index contributed by atoms with van der Waals surface area (Å²) in [6.45, 7) is 4.84. The summed E-state index contributed by atoms with van der Waals surface area (Å²) in [7, 11) is 0. The molecule has 2 aliphatic heterocycles. The van der Waals surface area contributed by atoms with Crippen LogP contribution in [0.1, 0.15) is 35.2 Å². The van der Waals surface area contributed by atoms with Crippen LogP contribution in [0, 0.1) is 5.41 Å². The molecule has 2 aromatic heterocycles. The summed E-state index contributed by atoms with van der Waals surface area (Å²) in [6, 6.07) is 7.82. The normalized spacial score (nSPS) is 18.2. The molecule has 3 N–H and O–H groups in total. The fraction of sp³-hybridized carbons (Fsp3) is 0.462. The summed E-state index contributed by atoms with van der Waals surface area (Å²) in [4.78, 5) is 52.3. The Hall–Kier alpha value is -4.49. The van der Waals surface area contributed by atoms with E-state index in [1.54, 1.807) is 12.4 Å². The highest BCUT2D eigenvalue weighted by molar-refractivity contribution is 5.94. The third-order valence-corrected chi connectivity index (χ3v) is 6.23. The average molecular weight is 679 g/mol. The van der Waals surface area contributed by atoms with Gasteiger partial charge in [0.15, 0.2) is 0 Å². The molecular formula is C26H27F9N4O7. The van der Waals surface area contributed by atoms with E-state index >= 15 is 0 Å². The molecule has 4 heterocycles. The molecule has 2 fully saturated rings. The number of hydrogen-bond donors (Lipinski definition) is 3. The Kier molecular flexibility index (Phi) is 14.4. The number of nitrogens with zero attached hydrogens (tertiary/aromatic N) is 4. The molecule has 1 spiro atoms. The molecule has 46 heavy (non-hydrogen) atoms. The maximum atomic E-state index is 12.8. The number of aliphatic carboxylic acids is 3. The number of carboxylic acids is 3. The van der Waals surface area contributed by atoms with Crippen LogP contribution in [0.25, 0.3) is 0 Å². The van der Waals surface area contributed by atoms with Gasteiger partial charge in [0.1, 0.15) is 0 Å². The van der Waals surface area contributed by atoms with E-state index in [1.165, 1.54) is 18.4 Å². The van der Waals surface area contributed by atoms with Crippen LogP contribution in [-0.4, -0.2) is 104 Å². The van der Waals surface area contributed by atoms with Gasteiger partial charge in [-0.2, -0.15) is 39.5 Å². The second kappa shape index (κ2) is 16.7. The molecular weight excluding hydrogens is 651 g/mol. The van der Waals surface area contributed by atoms with Crippen LogP contribution >= 0.6 is 0 Å². The molecule has 0 bridgehead atoms. The Bertz CT molecular complexity index is 1240. The van der Waals surface area contributed by atoms with Crippen molar-refractivity contribution in [1.29, 1.82) is 0 Å². The Morgan fingerprint density at radius 3 is 1.61 bits per heavy atom. The van der Waals surface area contributed by atoms with Crippen LogP contribution in [0.2, 0.25) is 0 Å². The molecule has 1 amide bonds. The number of carbonyl (C=O) groups excluding carboxylic acids is 1.